The Morgan fingerprint density at radius 3 is 2.70 bits per heavy atom. The van der Waals surface area contributed by atoms with Gasteiger partial charge in [-0.15, -0.1) is 0 Å². The van der Waals surface area contributed by atoms with Crippen molar-refractivity contribution >= 4 is 35.0 Å². The lowest BCUT2D eigenvalue weighted by Crippen LogP contribution is -2.22. The molecule has 0 bridgehead atoms. The van der Waals surface area contributed by atoms with E-state index in [0.717, 1.165) is 6.04 Å². The first kappa shape index (κ1) is 15.6. The Balaban J connectivity index is 2.13. The molecular weight excluding hydrogens is 346 g/mol. The predicted octanol–water partition coefficient (Wildman–Crippen LogP) is 4.39. The van der Waals surface area contributed by atoms with Crippen LogP contribution in [-0.2, 0) is 11.5 Å². The second-order valence-electron chi connectivity index (χ2n) is 5.93. The van der Waals surface area contributed by atoms with Crippen molar-refractivity contribution in [3.63, 3.8) is 0 Å². The lowest BCUT2D eigenvalue weighted by atomic mass is 10.3. The minimum absolute atomic E-state index is 0.154. The van der Waals surface area contributed by atoms with Gasteiger partial charge in [0.2, 0.25) is 5.95 Å². The fraction of sp³-hybridized carbons (Fsp3) is 0.462. The average molecular weight is 363 g/mol. The molecule has 2 aromatic rings. The maximum atomic E-state index is 13.8. The summed E-state index contributed by atoms with van der Waals surface area (Å²) in [5, 5.41) is 0.284. The minimum Gasteiger partial charge on any atom is -0.361 e. The minimum atomic E-state index is -1.15. The molecule has 0 atom stereocenters. The van der Waals surface area contributed by atoms with Gasteiger partial charge in [0.1, 0.15) is 18.2 Å². The summed E-state index contributed by atoms with van der Waals surface area (Å²) in [7, 11) is -1.15. The summed E-state index contributed by atoms with van der Waals surface area (Å²) in [6.45, 7) is 7.58. The quantitative estimate of drug-likeness (QED) is 0.448. The number of hydrogen-bond donors (Lipinski definition) is 0. The highest BCUT2D eigenvalue weighted by Gasteiger charge is 2.15. The summed E-state index contributed by atoms with van der Waals surface area (Å²) in [5.74, 6) is -1.08. The number of fused-ring (bicyclic) bond motifs is 1. The molecule has 20 heavy (non-hydrogen) atoms. The molecule has 0 aliphatic rings. The molecule has 3 nitrogen and oxygen atoms in total. The average Bonchev–Trinajstić information content (AvgIpc) is 2.62. The van der Waals surface area contributed by atoms with Crippen LogP contribution in [0.3, 0.4) is 0 Å². The van der Waals surface area contributed by atoms with Gasteiger partial charge in [-0.1, -0.05) is 19.6 Å². The molecule has 0 unspecified atom stereocenters. The van der Waals surface area contributed by atoms with Crippen LogP contribution in [0.2, 0.25) is 25.7 Å². The van der Waals surface area contributed by atoms with Crippen molar-refractivity contribution in [2.45, 2.75) is 32.4 Å². The van der Waals surface area contributed by atoms with E-state index < -0.39 is 19.8 Å². The van der Waals surface area contributed by atoms with E-state index in [0.29, 0.717) is 6.61 Å². The number of ether oxygens (including phenoxy) is 1. The SMILES string of the molecule is C[Si](C)(C)CCOCn1cc(F)c2cc(Br)c(F)nc21. The Morgan fingerprint density at radius 1 is 1.35 bits per heavy atom. The third-order valence-corrected chi connectivity index (χ3v) is 5.20. The van der Waals surface area contributed by atoms with E-state index in [1.807, 2.05) is 0 Å². The number of hydrogen-bond acceptors (Lipinski definition) is 2. The molecule has 0 saturated heterocycles. The second kappa shape index (κ2) is 5.91. The molecule has 0 radical (unpaired) electrons. The number of halogens is 3. The topological polar surface area (TPSA) is 27.1 Å². The zero-order valence-electron chi connectivity index (χ0n) is 11.7. The van der Waals surface area contributed by atoms with Crippen LogP contribution < -0.4 is 0 Å². The Kier molecular flexibility index (Phi) is 4.61. The van der Waals surface area contributed by atoms with Gasteiger partial charge in [-0.25, -0.2) is 9.37 Å². The van der Waals surface area contributed by atoms with Crippen LogP contribution in [-0.4, -0.2) is 24.2 Å². The van der Waals surface area contributed by atoms with Crippen LogP contribution in [0.5, 0.6) is 0 Å². The van der Waals surface area contributed by atoms with Gasteiger partial charge in [0.15, 0.2) is 0 Å². The van der Waals surface area contributed by atoms with E-state index in [2.05, 4.69) is 40.6 Å². The van der Waals surface area contributed by atoms with Gasteiger partial charge in [0.05, 0.1) is 9.86 Å². The van der Waals surface area contributed by atoms with Crippen LogP contribution >= 0.6 is 15.9 Å². The molecule has 0 aromatic carbocycles. The first-order valence-corrected chi connectivity index (χ1v) is 10.9. The van der Waals surface area contributed by atoms with E-state index >= 15 is 0 Å². The highest BCUT2D eigenvalue weighted by atomic mass is 79.9. The van der Waals surface area contributed by atoms with Crippen molar-refractivity contribution < 1.29 is 13.5 Å². The summed E-state index contributed by atoms with van der Waals surface area (Å²) in [6.07, 6.45) is 1.29. The normalized spacial score (nSPS) is 12.3. The molecule has 0 amide bonds. The van der Waals surface area contributed by atoms with Gasteiger partial charge in [0, 0.05) is 20.9 Å². The molecule has 2 rings (SSSR count). The summed E-state index contributed by atoms with van der Waals surface area (Å²) in [6, 6.07) is 2.42. The van der Waals surface area contributed by atoms with Crippen LogP contribution in [0.15, 0.2) is 16.7 Å². The Morgan fingerprint density at radius 2 is 2.05 bits per heavy atom. The van der Waals surface area contributed by atoms with E-state index in [4.69, 9.17) is 4.74 Å². The summed E-state index contributed by atoms with van der Waals surface area (Å²) in [5.41, 5.74) is 0.260. The molecule has 0 saturated carbocycles. The molecule has 2 heterocycles. The Hall–Kier alpha value is -0.793. The monoisotopic (exact) mass is 362 g/mol. The van der Waals surface area contributed by atoms with Crippen molar-refractivity contribution in [2.75, 3.05) is 6.61 Å². The summed E-state index contributed by atoms with van der Waals surface area (Å²) in [4.78, 5) is 3.76. The molecule has 2 aromatic heterocycles. The first-order chi connectivity index (χ1) is 9.28. The standard InChI is InChI=1S/C13H17BrF2N2OSi/c1-20(2,3)5-4-19-8-18-7-11(15)9-6-10(14)12(16)17-13(9)18/h6-7H,4-5,8H2,1-3H3. The third-order valence-electron chi connectivity index (χ3n) is 2.94. The second-order valence-corrected chi connectivity index (χ2v) is 12.4. The Labute approximate surface area is 126 Å². The van der Waals surface area contributed by atoms with Gasteiger partial charge in [-0.05, 0) is 28.0 Å². The van der Waals surface area contributed by atoms with Crippen molar-refractivity contribution in [3.8, 4) is 0 Å². The fourth-order valence-corrected chi connectivity index (χ4v) is 2.83. The maximum absolute atomic E-state index is 13.8. The first-order valence-electron chi connectivity index (χ1n) is 6.36. The van der Waals surface area contributed by atoms with Crippen LogP contribution in [0.4, 0.5) is 8.78 Å². The van der Waals surface area contributed by atoms with Crippen molar-refractivity contribution in [2.24, 2.45) is 0 Å². The predicted molar refractivity (Wildman–Crippen MR) is 81.5 cm³/mol. The molecule has 0 N–H and O–H groups in total. The smallest absolute Gasteiger partial charge is 0.229 e. The molecule has 7 heteroatoms. The van der Waals surface area contributed by atoms with Crippen LogP contribution in [0.25, 0.3) is 11.0 Å². The maximum Gasteiger partial charge on any atom is 0.229 e. The molecule has 0 aliphatic carbocycles. The van der Waals surface area contributed by atoms with Crippen LogP contribution in [0.1, 0.15) is 0 Å². The van der Waals surface area contributed by atoms with Gasteiger partial charge >= 0.3 is 0 Å². The Bertz CT molecular complexity index is 625. The molecule has 0 aliphatic heterocycles. The molecule has 0 spiro atoms. The number of aromatic nitrogens is 2. The van der Waals surface area contributed by atoms with E-state index in [1.54, 1.807) is 0 Å². The van der Waals surface area contributed by atoms with E-state index in [1.165, 1.54) is 16.8 Å². The van der Waals surface area contributed by atoms with Gasteiger partial charge in [-0.3, -0.25) is 0 Å². The number of pyridine rings is 1. The number of nitrogens with zero attached hydrogens (tertiary/aromatic N) is 2. The molecule has 110 valence electrons. The lowest BCUT2D eigenvalue weighted by Gasteiger charge is -2.15. The summed E-state index contributed by atoms with van der Waals surface area (Å²) >= 11 is 3.01. The van der Waals surface area contributed by atoms with Gasteiger partial charge in [0.25, 0.3) is 0 Å². The fourth-order valence-electron chi connectivity index (χ4n) is 1.76. The third kappa shape index (κ3) is 3.65. The van der Waals surface area contributed by atoms with Gasteiger partial charge in [-0.2, -0.15) is 4.39 Å². The number of rotatable bonds is 5. The van der Waals surface area contributed by atoms with Crippen LogP contribution in [0, 0.1) is 11.8 Å². The molecular formula is C13H17BrF2N2OSi. The van der Waals surface area contributed by atoms with Crippen molar-refractivity contribution in [3.05, 3.63) is 28.5 Å². The van der Waals surface area contributed by atoms with Crippen molar-refractivity contribution in [1.82, 2.24) is 9.55 Å². The zero-order valence-corrected chi connectivity index (χ0v) is 14.3. The zero-order chi connectivity index (χ0) is 14.9. The highest BCUT2D eigenvalue weighted by molar-refractivity contribution is 9.10. The van der Waals surface area contributed by atoms with E-state index in [-0.39, 0.29) is 22.2 Å². The summed E-state index contributed by atoms with van der Waals surface area (Å²) < 4.78 is 34.4. The highest BCUT2D eigenvalue weighted by Crippen LogP contribution is 2.24. The largest absolute Gasteiger partial charge is 0.361 e. The molecule has 0 fully saturated rings. The van der Waals surface area contributed by atoms with Gasteiger partial charge < -0.3 is 9.30 Å². The lowest BCUT2D eigenvalue weighted by molar-refractivity contribution is 0.0894. The van der Waals surface area contributed by atoms with Crippen molar-refractivity contribution in [1.29, 1.82) is 0 Å². The van der Waals surface area contributed by atoms with E-state index in [9.17, 15) is 8.78 Å².